The Kier molecular flexibility index (Phi) is 2.39. The van der Waals surface area contributed by atoms with Gasteiger partial charge >= 0.3 is 0 Å². The highest BCUT2D eigenvalue weighted by Crippen LogP contribution is 2.43. The minimum Gasteiger partial charge on any atom is -0.387 e. The van der Waals surface area contributed by atoms with E-state index in [1.54, 1.807) is 0 Å². The van der Waals surface area contributed by atoms with Gasteiger partial charge in [0.2, 0.25) is 0 Å². The molecule has 0 unspecified atom stereocenters. The highest BCUT2D eigenvalue weighted by molar-refractivity contribution is 5.02. The maximum Gasteiger partial charge on any atom is 0.163 e. The van der Waals surface area contributed by atoms with Crippen LogP contribution >= 0.6 is 0 Å². The molecule has 0 aromatic heterocycles. The van der Waals surface area contributed by atoms with Crippen molar-refractivity contribution in [3.63, 3.8) is 0 Å². The average Bonchev–Trinajstić information content (AvgIpc) is 2.61. The van der Waals surface area contributed by atoms with Gasteiger partial charge < -0.3 is 24.1 Å². The van der Waals surface area contributed by atoms with Gasteiger partial charge in [0.25, 0.3) is 0 Å². The van der Waals surface area contributed by atoms with E-state index in [0.717, 1.165) is 0 Å². The van der Waals surface area contributed by atoms with Gasteiger partial charge in [0, 0.05) is 6.42 Å². The van der Waals surface area contributed by atoms with Crippen LogP contribution < -0.4 is 0 Å². The molecule has 2 saturated heterocycles. The summed E-state index contributed by atoms with van der Waals surface area (Å²) in [5.41, 5.74) is 0. The van der Waals surface area contributed by atoms with Gasteiger partial charge in [-0.3, -0.25) is 0 Å². The van der Waals surface area contributed by atoms with Crippen molar-refractivity contribution < 1.29 is 24.1 Å². The maximum atomic E-state index is 10.3. The van der Waals surface area contributed by atoms with Gasteiger partial charge in [-0.1, -0.05) is 0 Å². The van der Waals surface area contributed by atoms with E-state index < -0.39 is 17.7 Å². The molecule has 0 spiro atoms. The molecule has 3 fully saturated rings. The molecule has 5 nitrogen and oxygen atoms in total. The third-order valence-electron chi connectivity index (χ3n) is 3.58. The van der Waals surface area contributed by atoms with Gasteiger partial charge in [-0.25, -0.2) is 0 Å². The van der Waals surface area contributed by atoms with Gasteiger partial charge in [0.1, 0.15) is 18.3 Å². The van der Waals surface area contributed by atoms with Crippen LogP contribution in [0.25, 0.3) is 0 Å². The lowest BCUT2D eigenvalue weighted by atomic mass is 9.87. The molecule has 1 N–H and O–H groups in total. The predicted octanol–water partition coefficient (Wildman–Crippen LogP) is 0.791. The average molecular weight is 244 g/mol. The first-order valence-corrected chi connectivity index (χ1v) is 6.17. The first kappa shape index (κ1) is 11.9. The Morgan fingerprint density at radius 1 is 0.824 bits per heavy atom. The number of ether oxygens (including phenoxy) is 4. The Hall–Kier alpha value is -0.200. The number of aliphatic hydroxyl groups excluding tert-OH is 1. The fourth-order valence-corrected chi connectivity index (χ4v) is 3.09. The number of hydrogen-bond acceptors (Lipinski definition) is 5. The van der Waals surface area contributed by atoms with Crippen molar-refractivity contribution in [2.45, 2.75) is 76.2 Å². The molecule has 0 aromatic carbocycles. The van der Waals surface area contributed by atoms with Crippen molar-refractivity contribution in [1.29, 1.82) is 0 Å². The molecule has 5 heteroatoms. The monoisotopic (exact) mass is 244 g/mol. The van der Waals surface area contributed by atoms with Crippen molar-refractivity contribution in [3.05, 3.63) is 0 Å². The summed E-state index contributed by atoms with van der Waals surface area (Å²) >= 11 is 0. The summed E-state index contributed by atoms with van der Waals surface area (Å²) in [5.74, 6) is -1.27. The van der Waals surface area contributed by atoms with Crippen molar-refractivity contribution in [2.75, 3.05) is 0 Å². The van der Waals surface area contributed by atoms with Crippen molar-refractivity contribution in [3.8, 4) is 0 Å². The molecule has 98 valence electrons. The minimum absolute atomic E-state index is 0.112. The first-order chi connectivity index (χ1) is 7.77. The highest BCUT2D eigenvalue weighted by Gasteiger charge is 2.58. The van der Waals surface area contributed by atoms with Crippen LogP contribution in [-0.2, 0) is 18.9 Å². The normalized spacial score (nSPS) is 51.0. The fourth-order valence-electron chi connectivity index (χ4n) is 3.09. The first-order valence-electron chi connectivity index (χ1n) is 6.17. The van der Waals surface area contributed by atoms with E-state index in [1.807, 2.05) is 27.7 Å². The second-order valence-corrected chi connectivity index (χ2v) is 6.00. The van der Waals surface area contributed by atoms with Crippen LogP contribution in [0.2, 0.25) is 0 Å². The molecule has 0 radical (unpaired) electrons. The zero-order chi connectivity index (χ0) is 12.4. The zero-order valence-electron chi connectivity index (χ0n) is 10.7. The largest absolute Gasteiger partial charge is 0.387 e. The third-order valence-corrected chi connectivity index (χ3v) is 3.58. The molecule has 1 saturated carbocycles. The number of fused-ring (bicyclic) bond motifs is 2. The molecule has 1 aliphatic carbocycles. The lowest BCUT2D eigenvalue weighted by Crippen LogP contribution is -2.53. The molecular weight excluding hydrogens is 224 g/mol. The smallest absolute Gasteiger partial charge is 0.163 e. The van der Waals surface area contributed by atoms with Crippen LogP contribution in [0.15, 0.2) is 0 Å². The summed E-state index contributed by atoms with van der Waals surface area (Å²) in [6, 6.07) is 0. The van der Waals surface area contributed by atoms with Gasteiger partial charge in [-0.2, -0.15) is 0 Å². The van der Waals surface area contributed by atoms with Crippen LogP contribution in [0, 0.1) is 0 Å². The van der Waals surface area contributed by atoms with Gasteiger partial charge in [-0.15, -0.1) is 0 Å². The molecule has 3 rings (SSSR count). The molecule has 0 amide bonds. The lowest BCUT2D eigenvalue weighted by molar-refractivity contribution is -0.179. The molecule has 17 heavy (non-hydrogen) atoms. The SMILES string of the molecule is CC1(C)O[C@H]2C[C@@H]3OC(C)(C)O[C@@H]3C(O)[C@H]2O1. The van der Waals surface area contributed by atoms with Crippen LogP contribution in [0.1, 0.15) is 34.1 Å². The maximum absolute atomic E-state index is 10.3. The van der Waals surface area contributed by atoms with E-state index in [-0.39, 0.29) is 24.4 Å². The molecule has 3 aliphatic rings. The van der Waals surface area contributed by atoms with E-state index in [2.05, 4.69) is 0 Å². The lowest BCUT2D eigenvalue weighted by Gasteiger charge is -2.34. The third kappa shape index (κ3) is 1.90. The summed E-state index contributed by atoms with van der Waals surface area (Å²) < 4.78 is 23.0. The quantitative estimate of drug-likeness (QED) is 0.682. The second-order valence-electron chi connectivity index (χ2n) is 6.00. The Morgan fingerprint density at radius 3 is 1.65 bits per heavy atom. The zero-order valence-corrected chi connectivity index (χ0v) is 10.7. The number of rotatable bonds is 0. The standard InChI is InChI=1S/C12H20O5/c1-11(2)14-6-5-7-10(8(13)9(6)16-11)17-12(3,4)15-7/h6-10,13H,5H2,1-4H3/t6-,7-,9-,10-/m0/s1. The van der Waals surface area contributed by atoms with E-state index in [1.165, 1.54) is 0 Å². The Bertz CT molecular complexity index is 297. The van der Waals surface area contributed by atoms with Crippen molar-refractivity contribution >= 4 is 0 Å². The van der Waals surface area contributed by atoms with Crippen LogP contribution in [-0.4, -0.2) is 47.2 Å². The minimum atomic E-state index is -0.692. The van der Waals surface area contributed by atoms with E-state index in [4.69, 9.17) is 18.9 Å². The summed E-state index contributed by atoms with van der Waals surface area (Å²) in [6.45, 7) is 7.44. The van der Waals surface area contributed by atoms with E-state index in [0.29, 0.717) is 6.42 Å². The molecular formula is C12H20O5. The summed E-state index contributed by atoms with van der Waals surface area (Å²) in [4.78, 5) is 0. The van der Waals surface area contributed by atoms with E-state index in [9.17, 15) is 5.11 Å². The summed E-state index contributed by atoms with van der Waals surface area (Å²) in [5, 5.41) is 10.3. The topological polar surface area (TPSA) is 57.2 Å². The van der Waals surface area contributed by atoms with Crippen LogP contribution in [0.3, 0.4) is 0 Å². The van der Waals surface area contributed by atoms with Gasteiger partial charge in [0.05, 0.1) is 12.2 Å². The molecule has 2 heterocycles. The van der Waals surface area contributed by atoms with E-state index >= 15 is 0 Å². The van der Waals surface area contributed by atoms with Crippen LogP contribution in [0.4, 0.5) is 0 Å². The van der Waals surface area contributed by atoms with Gasteiger partial charge in [-0.05, 0) is 27.7 Å². The van der Waals surface area contributed by atoms with Crippen molar-refractivity contribution in [1.82, 2.24) is 0 Å². The number of aliphatic hydroxyl groups is 1. The summed E-state index contributed by atoms with van der Waals surface area (Å²) in [6.07, 6.45) is -0.841. The molecule has 0 bridgehead atoms. The highest BCUT2D eigenvalue weighted by atomic mass is 16.8. The van der Waals surface area contributed by atoms with Gasteiger partial charge in [0.15, 0.2) is 11.6 Å². The molecule has 2 aliphatic heterocycles. The molecule has 4 atom stereocenters. The molecule has 0 aromatic rings. The fraction of sp³-hybridized carbons (Fsp3) is 1.00. The second kappa shape index (κ2) is 3.42. The Labute approximate surface area is 101 Å². The Morgan fingerprint density at radius 2 is 1.24 bits per heavy atom. The summed E-state index contributed by atoms with van der Waals surface area (Å²) in [7, 11) is 0. The number of hydrogen-bond donors (Lipinski definition) is 1. The predicted molar refractivity (Wildman–Crippen MR) is 58.3 cm³/mol. The van der Waals surface area contributed by atoms with Crippen LogP contribution in [0.5, 0.6) is 0 Å². The van der Waals surface area contributed by atoms with Crippen molar-refractivity contribution in [2.24, 2.45) is 0 Å². The Balaban J connectivity index is 1.81.